The predicted molar refractivity (Wildman–Crippen MR) is 82.8 cm³/mol. The fraction of sp³-hybridized carbons (Fsp3) is 0.375. The molecule has 1 aliphatic heterocycles. The lowest BCUT2D eigenvalue weighted by atomic mass is 9.85. The van der Waals surface area contributed by atoms with Crippen molar-refractivity contribution in [1.29, 1.82) is 0 Å². The van der Waals surface area contributed by atoms with Crippen LogP contribution in [0.3, 0.4) is 0 Å². The molecule has 0 radical (unpaired) electrons. The van der Waals surface area contributed by atoms with Gasteiger partial charge in [0.15, 0.2) is 0 Å². The first-order valence-electron chi connectivity index (χ1n) is 6.77. The molecule has 0 fully saturated rings. The van der Waals surface area contributed by atoms with Gasteiger partial charge in [0, 0.05) is 21.1 Å². The number of thioether (sulfide) groups is 1. The second-order valence-electron chi connectivity index (χ2n) is 5.02. The summed E-state index contributed by atoms with van der Waals surface area (Å²) in [5, 5.41) is 13.5. The van der Waals surface area contributed by atoms with E-state index in [4.69, 9.17) is 0 Å². The number of aliphatic hydroxyl groups is 1. The van der Waals surface area contributed by atoms with Gasteiger partial charge in [0.05, 0.1) is 0 Å². The molecule has 1 aliphatic rings. The smallest absolute Gasteiger partial charge is 0.125 e. The van der Waals surface area contributed by atoms with Crippen LogP contribution in [-0.4, -0.2) is 5.11 Å². The Morgan fingerprint density at radius 3 is 2.95 bits per heavy atom. The van der Waals surface area contributed by atoms with E-state index in [9.17, 15) is 5.11 Å². The molecule has 1 aromatic carbocycles. The van der Waals surface area contributed by atoms with Crippen LogP contribution >= 0.6 is 23.1 Å². The zero-order valence-electron chi connectivity index (χ0n) is 11.1. The average Bonchev–Trinajstić information content (AvgIpc) is 2.88. The number of hydrogen-bond acceptors (Lipinski definition) is 3. The number of thiophene rings is 1. The van der Waals surface area contributed by atoms with E-state index in [1.54, 1.807) is 11.3 Å². The van der Waals surface area contributed by atoms with Gasteiger partial charge in [0.25, 0.3) is 0 Å². The standard InChI is InChI=1S/C16H18OS2/c1-2-3-9-16(17)13-6-4-5-7-14(13)19-11-12-8-10-18-15(12)16/h4-8,10,17H,2-3,9,11H2,1H3. The Morgan fingerprint density at radius 1 is 1.26 bits per heavy atom. The minimum absolute atomic E-state index is 0.792. The number of unbranched alkanes of at least 4 members (excludes halogenated alkanes) is 1. The van der Waals surface area contributed by atoms with Gasteiger partial charge in [-0.25, -0.2) is 0 Å². The molecule has 100 valence electrons. The summed E-state index contributed by atoms with van der Waals surface area (Å²) in [6.07, 6.45) is 2.97. The summed E-state index contributed by atoms with van der Waals surface area (Å²) in [6, 6.07) is 10.5. The summed E-state index contributed by atoms with van der Waals surface area (Å²) in [7, 11) is 0. The van der Waals surface area contributed by atoms with E-state index in [-0.39, 0.29) is 0 Å². The van der Waals surface area contributed by atoms with Crippen LogP contribution in [0.1, 0.15) is 42.2 Å². The molecule has 0 saturated heterocycles. The first-order chi connectivity index (χ1) is 9.25. The van der Waals surface area contributed by atoms with Gasteiger partial charge >= 0.3 is 0 Å². The van der Waals surface area contributed by atoms with Crippen LogP contribution in [0, 0.1) is 0 Å². The van der Waals surface area contributed by atoms with E-state index in [1.807, 2.05) is 17.8 Å². The van der Waals surface area contributed by atoms with Crippen molar-refractivity contribution in [1.82, 2.24) is 0 Å². The third-order valence-electron chi connectivity index (χ3n) is 3.73. The predicted octanol–water partition coefficient (Wildman–Crippen LogP) is 4.78. The zero-order chi connectivity index (χ0) is 13.3. The lowest BCUT2D eigenvalue weighted by Gasteiger charge is -2.29. The minimum Gasteiger partial charge on any atom is -0.379 e. The summed E-state index contributed by atoms with van der Waals surface area (Å²) < 4.78 is 0. The van der Waals surface area contributed by atoms with E-state index >= 15 is 0 Å². The van der Waals surface area contributed by atoms with Crippen molar-refractivity contribution in [3.05, 3.63) is 51.7 Å². The van der Waals surface area contributed by atoms with Crippen molar-refractivity contribution in [2.45, 2.75) is 42.4 Å². The molecular weight excluding hydrogens is 272 g/mol. The number of benzene rings is 1. The largest absolute Gasteiger partial charge is 0.379 e. The van der Waals surface area contributed by atoms with Crippen LogP contribution in [0.5, 0.6) is 0 Å². The molecule has 1 aromatic heterocycles. The molecule has 3 rings (SSSR count). The Morgan fingerprint density at radius 2 is 2.11 bits per heavy atom. The fourth-order valence-corrected chi connectivity index (χ4v) is 4.98. The number of fused-ring (bicyclic) bond motifs is 2. The molecule has 0 aliphatic carbocycles. The Labute approximate surface area is 122 Å². The fourth-order valence-electron chi connectivity index (χ4n) is 2.71. The van der Waals surface area contributed by atoms with Gasteiger partial charge < -0.3 is 5.11 Å². The second-order valence-corrected chi connectivity index (χ2v) is 6.96. The molecule has 2 aromatic rings. The van der Waals surface area contributed by atoms with Crippen molar-refractivity contribution >= 4 is 23.1 Å². The van der Waals surface area contributed by atoms with Gasteiger partial charge in [-0.05, 0) is 29.5 Å². The molecule has 0 bridgehead atoms. The lowest BCUT2D eigenvalue weighted by molar-refractivity contribution is 0.0693. The Hall–Kier alpha value is -0.770. The topological polar surface area (TPSA) is 20.2 Å². The quantitative estimate of drug-likeness (QED) is 0.878. The third-order valence-corrected chi connectivity index (χ3v) is 5.96. The Bertz CT molecular complexity index is 576. The molecule has 0 spiro atoms. The van der Waals surface area contributed by atoms with Crippen LogP contribution in [0.15, 0.2) is 40.6 Å². The van der Waals surface area contributed by atoms with Gasteiger partial charge in [-0.2, -0.15) is 0 Å². The summed E-state index contributed by atoms with van der Waals surface area (Å²) in [5.74, 6) is 0.963. The van der Waals surface area contributed by atoms with Crippen molar-refractivity contribution in [3.8, 4) is 0 Å². The molecular formula is C16H18OS2. The Kier molecular flexibility index (Phi) is 3.70. The number of hydrogen-bond donors (Lipinski definition) is 1. The van der Waals surface area contributed by atoms with Crippen molar-refractivity contribution < 1.29 is 5.11 Å². The monoisotopic (exact) mass is 290 g/mol. The van der Waals surface area contributed by atoms with Crippen LogP contribution in [-0.2, 0) is 11.4 Å². The average molecular weight is 290 g/mol. The first-order valence-corrected chi connectivity index (χ1v) is 8.64. The molecule has 0 amide bonds. The van der Waals surface area contributed by atoms with Crippen LogP contribution in [0.4, 0.5) is 0 Å². The van der Waals surface area contributed by atoms with E-state index < -0.39 is 5.60 Å². The highest BCUT2D eigenvalue weighted by atomic mass is 32.2. The summed E-state index contributed by atoms with van der Waals surface area (Å²) in [5.41, 5.74) is 1.60. The molecule has 1 nitrogen and oxygen atoms in total. The van der Waals surface area contributed by atoms with Crippen molar-refractivity contribution in [2.75, 3.05) is 0 Å². The highest BCUT2D eigenvalue weighted by Crippen LogP contribution is 2.47. The summed E-state index contributed by atoms with van der Waals surface area (Å²) >= 11 is 3.54. The summed E-state index contributed by atoms with van der Waals surface area (Å²) in [4.78, 5) is 2.38. The van der Waals surface area contributed by atoms with Gasteiger partial charge in [0.1, 0.15) is 5.60 Å². The van der Waals surface area contributed by atoms with Gasteiger partial charge in [-0.15, -0.1) is 23.1 Å². The molecule has 3 heteroatoms. The highest BCUT2D eigenvalue weighted by Gasteiger charge is 2.37. The zero-order valence-corrected chi connectivity index (χ0v) is 12.7. The highest BCUT2D eigenvalue weighted by molar-refractivity contribution is 7.98. The Balaban J connectivity index is 2.15. The normalized spacial score (nSPS) is 21.6. The molecule has 19 heavy (non-hydrogen) atoms. The SMILES string of the molecule is CCCCC1(O)c2ccccc2SCc2ccsc21. The maximum atomic E-state index is 11.4. The maximum absolute atomic E-state index is 11.4. The van der Waals surface area contributed by atoms with E-state index in [1.165, 1.54) is 10.5 Å². The van der Waals surface area contributed by atoms with Crippen LogP contribution < -0.4 is 0 Å². The van der Waals surface area contributed by atoms with E-state index in [2.05, 4.69) is 36.6 Å². The van der Waals surface area contributed by atoms with Crippen molar-refractivity contribution in [2.24, 2.45) is 0 Å². The second kappa shape index (κ2) is 5.31. The molecule has 2 heterocycles. The molecule has 1 N–H and O–H groups in total. The number of rotatable bonds is 3. The van der Waals surface area contributed by atoms with E-state index in [0.717, 1.165) is 35.5 Å². The van der Waals surface area contributed by atoms with Gasteiger partial charge in [-0.1, -0.05) is 38.0 Å². The first kappa shape index (κ1) is 13.2. The van der Waals surface area contributed by atoms with Gasteiger partial charge in [-0.3, -0.25) is 0 Å². The van der Waals surface area contributed by atoms with Crippen LogP contribution in [0.2, 0.25) is 0 Å². The van der Waals surface area contributed by atoms with E-state index in [0.29, 0.717) is 0 Å². The van der Waals surface area contributed by atoms with Gasteiger partial charge in [0.2, 0.25) is 0 Å². The lowest BCUT2D eigenvalue weighted by Crippen LogP contribution is -2.27. The van der Waals surface area contributed by atoms with Crippen molar-refractivity contribution in [3.63, 3.8) is 0 Å². The minimum atomic E-state index is -0.792. The summed E-state index contributed by atoms with van der Waals surface area (Å²) in [6.45, 7) is 2.18. The third kappa shape index (κ3) is 2.24. The van der Waals surface area contributed by atoms with Crippen LogP contribution in [0.25, 0.3) is 0 Å². The molecule has 1 atom stereocenters. The maximum Gasteiger partial charge on any atom is 0.125 e. The molecule has 0 saturated carbocycles. The molecule has 1 unspecified atom stereocenters.